The number of likely N-dealkylation sites (N-methyl/N-ethyl adjacent to an activating group) is 1. The minimum Gasteiger partial charge on any atom is -0.494 e. The predicted octanol–water partition coefficient (Wildman–Crippen LogP) is 6.41. The van der Waals surface area contributed by atoms with Gasteiger partial charge in [-0.25, -0.2) is 9.59 Å². The summed E-state index contributed by atoms with van der Waals surface area (Å²) in [5, 5.41) is 1.70. The lowest BCUT2D eigenvalue weighted by Crippen LogP contribution is -2.40. The Labute approximate surface area is 259 Å². The number of carbonyl (C=O) groups excluding carboxylic acids is 3. The topological polar surface area (TPSA) is 95.2 Å². The first-order valence-electron chi connectivity index (χ1n) is 14.2. The number of rotatable bonds is 7. The Morgan fingerprint density at radius 1 is 1.16 bits per heavy atom. The second-order valence-corrected chi connectivity index (χ2v) is 12.6. The number of amides is 4. The third-order valence-electron chi connectivity index (χ3n) is 8.12. The Balaban J connectivity index is 1.20. The Morgan fingerprint density at radius 3 is 2.65 bits per heavy atom. The smallest absolute Gasteiger partial charge is 0.416 e. The van der Waals surface area contributed by atoms with Crippen molar-refractivity contribution in [3.63, 3.8) is 0 Å². The van der Waals surface area contributed by atoms with E-state index in [2.05, 4.69) is 4.98 Å². The SMILES string of the molecule is CN1C(=O)CN(CCCOc2ccc(C3c4[nH]c5ccc(Cl)cc5c4CCN3C(=O)OC3=CCC(C)(Cl)C=C3)cc2)C1=O. The number of hydrogen-bond donors (Lipinski definition) is 1. The quantitative estimate of drug-likeness (QED) is 0.187. The van der Waals surface area contributed by atoms with Crippen molar-refractivity contribution in [1.29, 1.82) is 0 Å². The molecule has 1 fully saturated rings. The number of benzene rings is 2. The Bertz CT molecular complexity index is 1650. The van der Waals surface area contributed by atoms with Crippen molar-refractivity contribution in [2.45, 2.75) is 37.1 Å². The van der Waals surface area contributed by atoms with Crippen LogP contribution in [0.1, 0.15) is 42.6 Å². The highest BCUT2D eigenvalue weighted by molar-refractivity contribution is 6.31. The number of fused-ring (bicyclic) bond motifs is 3. The van der Waals surface area contributed by atoms with Gasteiger partial charge in [-0.3, -0.25) is 14.6 Å². The highest BCUT2D eigenvalue weighted by atomic mass is 35.5. The van der Waals surface area contributed by atoms with Gasteiger partial charge in [0.15, 0.2) is 0 Å². The van der Waals surface area contributed by atoms with Crippen LogP contribution in [0.25, 0.3) is 10.9 Å². The van der Waals surface area contributed by atoms with Crippen molar-refractivity contribution < 1.29 is 23.9 Å². The number of carbonyl (C=O) groups is 3. The van der Waals surface area contributed by atoms with E-state index in [1.807, 2.05) is 61.5 Å². The van der Waals surface area contributed by atoms with Gasteiger partial charge in [-0.05, 0) is 79.8 Å². The first-order chi connectivity index (χ1) is 20.6. The molecule has 9 nitrogen and oxygen atoms in total. The molecule has 1 N–H and O–H groups in total. The number of H-pyrrole nitrogens is 1. The van der Waals surface area contributed by atoms with Gasteiger partial charge in [-0.15, -0.1) is 11.6 Å². The van der Waals surface area contributed by atoms with Crippen LogP contribution in [-0.4, -0.2) is 75.9 Å². The highest BCUT2D eigenvalue weighted by Crippen LogP contribution is 2.40. The number of ether oxygens (including phenoxy) is 2. The van der Waals surface area contributed by atoms with Gasteiger partial charge >= 0.3 is 12.1 Å². The molecule has 2 aromatic carbocycles. The molecule has 43 heavy (non-hydrogen) atoms. The summed E-state index contributed by atoms with van der Waals surface area (Å²) >= 11 is 12.7. The number of nitrogens with zero attached hydrogens (tertiary/aromatic N) is 3. The van der Waals surface area contributed by atoms with E-state index < -0.39 is 17.0 Å². The van der Waals surface area contributed by atoms with Crippen LogP contribution in [0.15, 0.2) is 66.5 Å². The average molecular weight is 624 g/mol. The number of imide groups is 1. The summed E-state index contributed by atoms with van der Waals surface area (Å²) in [4.78, 5) is 44.8. The first kappa shape index (κ1) is 29.1. The number of alkyl halides is 1. The monoisotopic (exact) mass is 622 g/mol. The summed E-state index contributed by atoms with van der Waals surface area (Å²) in [7, 11) is 1.49. The number of aromatic amines is 1. The lowest BCUT2D eigenvalue weighted by molar-refractivity contribution is -0.124. The van der Waals surface area contributed by atoms with Crippen LogP contribution in [-0.2, 0) is 16.0 Å². The van der Waals surface area contributed by atoms with Crippen LogP contribution in [0.2, 0.25) is 5.02 Å². The molecule has 3 heterocycles. The summed E-state index contributed by atoms with van der Waals surface area (Å²) in [5.41, 5.74) is 3.90. The normalized spacial score (nSPS) is 21.8. The number of halogens is 2. The molecule has 0 saturated carbocycles. The van der Waals surface area contributed by atoms with Crippen molar-refractivity contribution in [3.8, 4) is 5.75 Å². The second kappa shape index (κ2) is 11.6. The molecule has 2 aliphatic heterocycles. The van der Waals surface area contributed by atoms with E-state index in [1.54, 1.807) is 11.0 Å². The zero-order valence-electron chi connectivity index (χ0n) is 23.9. The lowest BCUT2D eigenvalue weighted by atomic mass is 9.92. The maximum atomic E-state index is 13.6. The Kier molecular flexibility index (Phi) is 7.87. The number of aromatic nitrogens is 1. The maximum Gasteiger partial charge on any atom is 0.416 e. The number of hydrogen-bond acceptors (Lipinski definition) is 5. The molecule has 11 heteroatoms. The van der Waals surface area contributed by atoms with Crippen LogP contribution in [0, 0.1) is 0 Å². The molecule has 2 atom stereocenters. The van der Waals surface area contributed by atoms with Gasteiger partial charge in [0, 0.05) is 41.8 Å². The molecular formula is C32H32Cl2N4O5. The summed E-state index contributed by atoms with van der Waals surface area (Å²) in [6.07, 6.45) is 6.78. The average Bonchev–Trinajstić information content (AvgIpc) is 3.47. The maximum absolute atomic E-state index is 13.6. The summed E-state index contributed by atoms with van der Waals surface area (Å²) in [6, 6.07) is 12.7. The molecule has 1 saturated heterocycles. The molecule has 0 bridgehead atoms. The van der Waals surface area contributed by atoms with Crippen LogP contribution in [0.4, 0.5) is 9.59 Å². The third kappa shape index (κ3) is 5.96. The first-order valence-corrected chi connectivity index (χ1v) is 15.0. The van der Waals surface area contributed by atoms with Crippen LogP contribution in [0.5, 0.6) is 5.75 Å². The molecule has 2 unspecified atom stereocenters. The fourth-order valence-corrected chi connectivity index (χ4v) is 6.07. The van der Waals surface area contributed by atoms with Gasteiger partial charge in [0.2, 0.25) is 5.91 Å². The summed E-state index contributed by atoms with van der Waals surface area (Å²) in [6.45, 7) is 3.31. The predicted molar refractivity (Wildman–Crippen MR) is 164 cm³/mol. The molecular weight excluding hydrogens is 591 g/mol. The molecule has 1 aliphatic carbocycles. The molecule has 0 spiro atoms. The van der Waals surface area contributed by atoms with E-state index in [-0.39, 0.29) is 18.5 Å². The molecule has 0 radical (unpaired) electrons. The van der Waals surface area contributed by atoms with Crippen LogP contribution < -0.4 is 4.74 Å². The van der Waals surface area contributed by atoms with Gasteiger partial charge in [0.05, 0.1) is 11.5 Å². The molecule has 4 amide bonds. The summed E-state index contributed by atoms with van der Waals surface area (Å²) < 4.78 is 11.8. The Hall–Kier alpha value is -3.95. The second-order valence-electron chi connectivity index (χ2n) is 11.3. The molecule has 224 valence electrons. The molecule has 3 aromatic rings. The standard InChI is InChI=1S/C32H32Cl2N4O5/c1-32(34)13-10-23(11-14-32)43-31(41)38-16-12-24-25-18-21(33)6-9-26(25)35-28(24)29(38)20-4-7-22(8-5-20)42-17-3-15-37-19-27(39)36(2)30(37)40/h4-11,13,18,29,35H,3,12,14-17,19H2,1-2H3. The van der Waals surface area contributed by atoms with Crippen LogP contribution >= 0.6 is 23.2 Å². The zero-order chi connectivity index (χ0) is 30.3. The van der Waals surface area contributed by atoms with Gasteiger partial charge in [-0.1, -0.05) is 29.8 Å². The fourth-order valence-electron chi connectivity index (χ4n) is 5.75. The van der Waals surface area contributed by atoms with Crippen molar-refractivity contribution in [2.24, 2.45) is 0 Å². The van der Waals surface area contributed by atoms with E-state index in [9.17, 15) is 14.4 Å². The van der Waals surface area contributed by atoms with Gasteiger partial charge in [0.25, 0.3) is 0 Å². The largest absolute Gasteiger partial charge is 0.494 e. The molecule has 3 aliphatic rings. The lowest BCUT2D eigenvalue weighted by Gasteiger charge is -2.35. The fraction of sp³-hybridized carbons (Fsp3) is 0.344. The molecule has 6 rings (SSSR count). The summed E-state index contributed by atoms with van der Waals surface area (Å²) in [5.74, 6) is 0.944. The Morgan fingerprint density at radius 2 is 1.95 bits per heavy atom. The zero-order valence-corrected chi connectivity index (χ0v) is 25.5. The number of allylic oxidation sites excluding steroid dienone is 3. The van der Waals surface area contributed by atoms with Crippen molar-refractivity contribution >= 4 is 52.1 Å². The highest BCUT2D eigenvalue weighted by Gasteiger charge is 2.36. The van der Waals surface area contributed by atoms with Crippen molar-refractivity contribution in [3.05, 3.63) is 88.3 Å². The molecule has 1 aromatic heterocycles. The van der Waals surface area contributed by atoms with Gasteiger partial charge < -0.3 is 19.4 Å². The van der Waals surface area contributed by atoms with E-state index in [0.29, 0.717) is 55.5 Å². The minimum atomic E-state index is -0.491. The minimum absolute atomic E-state index is 0.103. The van der Waals surface area contributed by atoms with Gasteiger partial charge in [-0.2, -0.15) is 0 Å². The van der Waals surface area contributed by atoms with E-state index in [0.717, 1.165) is 32.6 Å². The van der Waals surface area contributed by atoms with E-state index >= 15 is 0 Å². The van der Waals surface area contributed by atoms with Gasteiger partial charge in [0.1, 0.15) is 24.1 Å². The van der Waals surface area contributed by atoms with Crippen LogP contribution in [0.3, 0.4) is 0 Å². The van der Waals surface area contributed by atoms with E-state index in [1.165, 1.54) is 11.9 Å². The van der Waals surface area contributed by atoms with Crippen molar-refractivity contribution in [1.82, 2.24) is 19.7 Å². The number of nitrogens with one attached hydrogen (secondary N) is 1. The third-order valence-corrected chi connectivity index (χ3v) is 8.64. The van der Waals surface area contributed by atoms with Crippen molar-refractivity contribution in [2.75, 3.05) is 33.3 Å². The van der Waals surface area contributed by atoms with E-state index in [4.69, 9.17) is 32.7 Å². The number of urea groups is 1.